The molecular weight excluding hydrogens is 273 g/mol. The van der Waals surface area contributed by atoms with E-state index in [1.54, 1.807) is 12.1 Å². The number of ether oxygens (including phenoxy) is 1. The molecule has 1 aromatic rings. The molecule has 0 radical (unpaired) electrons. The smallest absolute Gasteiger partial charge is 0.328 e. The van der Waals surface area contributed by atoms with Gasteiger partial charge in [0, 0.05) is 38.4 Å². The maximum atomic E-state index is 14.1. The zero-order chi connectivity index (χ0) is 15.2. The van der Waals surface area contributed by atoms with E-state index in [0.29, 0.717) is 17.2 Å². The van der Waals surface area contributed by atoms with Crippen LogP contribution in [0.1, 0.15) is 18.4 Å². The lowest BCUT2D eigenvalue weighted by atomic mass is 9.99. The maximum Gasteiger partial charge on any atom is 0.328 e. The monoisotopic (exact) mass is 293 g/mol. The Bertz CT molecular complexity index is 524. The van der Waals surface area contributed by atoms with Crippen molar-refractivity contribution < 1.29 is 19.0 Å². The van der Waals surface area contributed by atoms with Crippen LogP contribution in [0.15, 0.2) is 24.3 Å². The largest absolute Gasteiger partial charge is 0.478 e. The van der Waals surface area contributed by atoms with E-state index >= 15 is 0 Å². The molecule has 1 fully saturated rings. The maximum absolute atomic E-state index is 14.1. The van der Waals surface area contributed by atoms with Crippen molar-refractivity contribution >= 4 is 17.7 Å². The molecule has 1 aliphatic heterocycles. The summed E-state index contributed by atoms with van der Waals surface area (Å²) in [5.41, 5.74) is 1.02. The number of halogens is 1. The molecule has 1 N–H and O–H groups in total. The molecule has 114 valence electrons. The normalized spacial score (nSPS) is 16.3. The number of hydrogen-bond donors (Lipinski definition) is 1. The molecule has 1 heterocycles. The zero-order valence-corrected chi connectivity index (χ0v) is 12.1. The fourth-order valence-electron chi connectivity index (χ4n) is 2.64. The van der Waals surface area contributed by atoms with Crippen LogP contribution < -0.4 is 4.90 Å². The number of carboxylic acid groups (broad SMARTS) is 1. The Kier molecular flexibility index (Phi) is 5.33. The van der Waals surface area contributed by atoms with E-state index in [1.807, 2.05) is 11.9 Å². The first kappa shape index (κ1) is 15.5. The lowest BCUT2D eigenvalue weighted by Crippen LogP contribution is -2.30. The molecule has 0 aromatic heterocycles. The summed E-state index contributed by atoms with van der Waals surface area (Å²) in [4.78, 5) is 12.5. The number of nitrogens with zero attached hydrogens (tertiary/aromatic N) is 1. The van der Waals surface area contributed by atoms with Crippen molar-refractivity contribution in [2.45, 2.75) is 12.8 Å². The van der Waals surface area contributed by atoms with E-state index in [2.05, 4.69) is 0 Å². The van der Waals surface area contributed by atoms with Gasteiger partial charge in [0.25, 0.3) is 0 Å². The van der Waals surface area contributed by atoms with E-state index in [1.165, 1.54) is 12.1 Å². The van der Waals surface area contributed by atoms with Crippen molar-refractivity contribution in [2.75, 3.05) is 31.7 Å². The van der Waals surface area contributed by atoms with E-state index in [4.69, 9.17) is 9.84 Å². The Morgan fingerprint density at radius 3 is 2.86 bits per heavy atom. The highest BCUT2D eigenvalue weighted by Gasteiger charge is 2.19. The van der Waals surface area contributed by atoms with E-state index in [-0.39, 0.29) is 5.82 Å². The molecule has 0 spiro atoms. The second-order valence-electron chi connectivity index (χ2n) is 5.29. The summed E-state index contributed by atoms with van der Waals surface area (Å²) < 4.78 is 19.5. The number of benzene rings is 1. The molecule has 0 unspecified atom stereocenters. The van der Waals surface area contributed by atoms with Gasteiger partial charge in [-0.2, -0.15) is 0 Å². The molecule has 0 saturated carbocycles. The second-order valence-corrected chi connectivity index (χ2v) is 5.29. The second kappa shape index (κ2) is 7.22. The van der Waals surface area contributed by atoms with Gasteiger partial charge in [0.15, 0.2) is 0 Å². The molecule has 2 rings (SSSR count). The summed E-state index contributed by atoms with van der Waals surface area (Å²) in [6.07, 6.45) is 4.40. The zero-order valence-electron chi connectivity index (χ0n) is 12.1. The van der Waals surface area contributed by atoms with Gasteiger partial charge in [-0.15, -0.1) is 0 Å². The average Bonchev–Trinajstić information content (AvgIpc) is 2.46. The third-order valence-corrected chi connectivity index (χ3v) is 3.68. The summed E-state index contributed by atoms with van der Waals surface area (Å²) in [7, 11) is 1.84. The number of carbonyl (C=O) groups is 1. The lowest BCUT2D eigenvalue weighted by Gasteiger charge is -2.29. The minimum atomic E-state index is -1.04. The molecular formula is C16H20FNO3. The van der Waals surface area contributed by atoms with Crippen molar-refractivity contribution in [1.82, 2.24) is 0 Å². The molecule has 0 amide bonds. The fourth-order valence-corrected chi connectivity index (χ4v) is 2.64. The van der Waals surface area contributed by atoms with Crippen LogP contribution in [0, 0.1) is 11.7 Å². The van der Waals surface area contributed by atoms with Crippen LogP contribution in [0.4, 0.5) is 10.1 Å². The third-order valence-electron chi connectivity index (χ3n) is 3.68. The van der Waals surface area contributed by atoms with Gasteiger partial charge in [-0.25, -0.2) is 9.18 Å². The van der Waals surface area contributed by atoms with Crippen LogP contribution in [0.5, 0.6) is 0 Å². The molecule has 0 bridgehead atoms. The van der Waals surface area contributed by atoms with Crippen LogP contribution in [0.2, 0.25) is 0 Å². The standard InChI is InChI=1S/C16H20FNO3/c1-18(11-12-7-9-21-10-8-12)16-13(5-6-15(19)20)3-2-4-14(16)17/h2-6,12H,7-11H2,1H3,(H,19,20)/b6-5+. The van der Waals surface area contributed by atoms with Gasteiger partial charge < -0.3 is 14.7 Å². The van der Waals surface area contributed by atoms with Crippen LogP contribution in [-0.4, -0.2) is 37.9 Å². The highest BCUT2D eigenvalue weighted by atomic mass is 19.1. The quantitative estimate of drug-likeness (QED) is 0.848. The minimum Gasteiger partial charge on any atom is -0.478 e. The van der Waals surface area contributed by atoms with Gasteiger partial charge in [-0.05, 0) is 30.9 Å². The first-order chi connectivity index (χ1) is 10.1. The van der Waals surface area contributed by atoms with Crippen molar-refractivity contribution in [2.24, 2.45) is 5.92 Å². The van der Waals surface area contributed by atoms with Gasteiger partial charge in [0.1, 0.15) is 5.82 Å². The molecule has 1 saturated heterocycles. The van der Waals surface area contributed by atoms with E-state index in [9.17, 15) is 9.18 Å². The lowest BCUT2D eigenvalue weighted by molar-refractivity contribution is -0.131. The van der Waals surface area contributed by atoms with Gasteiger partial charge in [-0.1, -0.05) is 12.1 Å². The van der Waals surface area contributed by atoms with Crippen molar-refractivity contribution in [3.8, 4) is 0 Å². The molecule has 21 heavy (non-hydrogen) atoms. The van der Waals surface area contributed by atoms with Crippen LogP contribution in [-0.2, 0) is 9.53 Å². The van der Waals surface area contributed by atoms with Crippen molar-refractivity contribution in [1.29, 1.82) is 0 Å². The van der Waals surface area contributed by atoms with Crippen LogP contribution in [0.25, 0.3) is 6.08 Å². The Morgan fingerprint density at radius 1 is 1.48 bits per heavy atom. The highest BCUT2D eigenvalue weighted by molar-refractivity contribution is 5.87. The SMILES string of the molecule is CN(CC1CCOCC1)c1c(F)cccc1/C=C/C(=O)O. The van der Waals surface area contributed by atoms with Crippen molar-refractivity contribution in [3.63, 3.8) is 0 Å². The number of para-hydroxylation sites is 1. The minimum absolute atomic E-state index is 0.336. The van der Waals surface area contributed by atoms with E-state index in [0.717, 1.165) is 38.7 Å². The topological polar surface area (TPSA) is 49.8 Å². The predicted molar refractivity (Wildman–Crippen MR) is 79.9 cm³/mol. The number of hydrogen-bond acceptors (Lipinski definition) is 3. The molecule has 0 atom stereocenters. The van der Waals surface area contributed by atoms with E-state index < -0.39 is 5.97 Å². The first-order valence-corrected chi connectivity index (χ1v) is 7.06. The summed E-state index contributed by atoms with van der Waals surface area (Å²) >= 11 is 0. The summed E-state index contributed by atoms with van der Waals surface area (Å²) in [6, 6.07) is 4.70. The van der Waals surface area contributed by atoms with Gasteiger partial charge in [0.2, 0.25) is 0 Å². The highest BCUT2D eigenvalue weighted by Crippen LogP contribution is 2.27. The van der Waals surface area contributed by atoms with Crippen molar-refractivity contribution in [3.05, 3.63) is 35.7 Å². The third kappa shape index (κ3) is 4.29. The van der Waals surface area contributed by atoms with Crippen LogP contribution in [0.3, 0.4) is 0 Å². The average molecular weight is 293 g/mol. The summed E-state index contributed by atoms with van der Waals surface area (Å²) in [6.45, 7) is 2.24. The molecule has 4 nitrogen and oxygen atoms in total. The van der Waals surface area contributed by atoms with Gasteiger partial charge in [0.05, 0.1) is 5.69 Å². The Balaban J connectivity index is 2.18. The molecule has 1 aromatic carbocycles. The number of rotatable bonds is 5. The Hall–Kier alpha value is -1.88. The van der Waals surface area contributed by atoms with Gasteiger partial charge >= 0.3 is 5.97 Å². The Labute approximate surface area is 123 Å². The number of aliphatic carboxylic acids is 1. The first-order valence-electron chi connectivity index (χ1n) is 7.06. The number of carboxylic acids is 1. The molecule has 1 aliphatic rings. The van der Waals surface area contributed by atoms with Crippen LogP contribution >= 0.6 is 0 Å². The molecule has 5 heteroatoms. The predicted octanol–water partition coefficient (Wildman–Crippen LogP) is 2.79. The fraction of sp³-hybridized carbons (Fsp3) is 0.438. The Morgan fingerprint density at radius 2 is 2.19 bits per heavy atom. The number of anilines is 1. The summed E-state index contributed by atoms with van der Waals surface area (Å²) in [5, 5.41) is 8.73. The summed E-state index contributed by atoms with van der Waals surface area (Å²) in [5.74, 6) is -0.908. The van der Waals surface area contributed by atoms with Gasteiger partial charge in [-0.3, -0.25) is 0 Å². The molecule has 0 aliphatic carbocycles.